The maximum absolute atomic E-state index is 4.33. The zero-order chi connectivity index (χ0) is 11.5. The van der Waals surface area contributed by atoms with Crippen molar-refractivity contribution in [2.45, 2.75) is 19.3 Å². The quantitative estimate of drug-likeness (QED) is 0.923. The van der Waals surface area contributed by atoms with E-state index in [1.165, 1.54) is 19.3 Å². The van der Waals surface area contributed by atoms with Crippen LogP contribution in [0.5, 0.6) is 0 Å². The summed E-state index contributed by atoms with van der Waals surface area (Å²) in [4.78, 5) is 10.7. The van der Waals surface area contributed by atoms with Crippen molar-refractivity contribution in [3.8, 4) is 0 Å². The number of aromatic nitrogens is 2. The van der Waals surface area contributed by atoms with Crippen molar-refractivity contribution in [2.75, 3.05) is 30.9 Å². The van der Waals surface area contributed by atoms with Gasteiger partial charge in [-0.2, -0.15) is 0 Å². The van der Waals surface area contributed by atoms with Crippen molar-refractivity contribution >= 4 is 27.6 Å². The van der Waals surface area contributed by atoms with Crippen LogP contribution in [0, 0.1) is 5.92 Å². The average molecular weight is 285 g/mol. The van der Waals surface area contributed by atoms with Gasteiger partial charge in [-0.1, -0.05) is 6.42 Å². The summed E-state index contributed by atoms with van der Waals surface area (Å²) in [5.74, 6) is 2.64. The Morgan fingerprint density at radius 1 is 1.50 bits per heavy atom. The molecule has 0 unspecified atom stereocenters. The van der Waals surface area contributed by atoms with Crippen LogP contribution < -0.4 is 10.2 Å². The van der Waals surface area contributed by atoms with Crippen molar-refractivity contribution < 1.29 is 0 Å². The highest BCUT2D eigenvalue weighted by molar-refractivity contribution is 9.10. The van der Waals surface area contributed by atoms with Crippen LogP contribution >= 0.6 is 15.9 Å². The molecule has 0 bridgehead atoms. The van der Waals surface area contributed by atoms with Gasteiger partial charge in [-0.3, -0.25) is 0 Å². The second-order valence-electron chi connectivity index (χ2n) is 4.29. The molecular formula is C11H17BrN4. The van der Waals surface area contributed by atoms with Gasteiger partial charge in [-0.05, 0) is 34.7 Å². The molecule has 1 heterocycles. The molecule has 1 aliphatic carbocycles. The number of nitrogens with one attached hydrogen (secondary N) is 1. The molecule has 1 saturated carbocycles. The fourth-order valence-electron chi connectivity index (χ4n) is 1.95. The van der Waals surface area contributed by atoms with Crippen LogP contribution in [0.3, 0.4) is 0 Å². The van der Waals surface area contributed by atoms with Crippen LogP contribution in [-0.4, -0.2) is 30.6 Å². The molecule has 0 aromatic carbocycles. The Bertz CT molecular complexity index is 365. The molecule has 0 saturated heterocycles. The van der Waals surface area contributed by atoms with E-state index in [9.17, 15) is 0 Å². The summed E-state index contributed by atoms with van der Waals surface area (Å²) < 4.78 is 0.944. The first-order valence-corrected chi connectivity index (χ1v) is 6.41. The second-order valence-corrected chi connectivity index (χ2v) is 5.08. The van der Waals surface area contributed by atoms with Crippen LogP contribution in [0.4, 0.5) is 11.6 Å². The zero-order valence-electron chi connectivity index (χ0n) is 9.70. The first-order valence-electron chi connectivity index (χ1n) is 5.61. The minimum Gasteiger partial charge on any atom is -0.372 e. The summed E-state index contributed by atoms with van der Waals surface area (Å²) in [6, 6.07) is 0. The van der Waals surface area contributed by atoms with Gasteiger partial charge < -0.3 is 10.2 Å². The van der Waals surface area contributed by atoms with Gasteiger partial charge in [0.15, 0.2) is 0 Å². The maximum atomic E-state index is 4.33. The molecule has 0 atom stereocenters. The Morgan fingerprint density at radius 3 is 2.81 bits per heavy atom. The molecule has 4 nitrogen and oxygen atoms in total. The van der Waals surface area contributed by atoms with Gasteiger partial charge in [0.05, 0.1) is 0 Å². The Hall–Kier alpha value is -0.840. The smallest absolute Gasteiger partial charge is 0.148 e. The Balaban J connectivity index is 2.11. The largest absolute Gasteiger partial charge is 0.372 e. The number of hydrogen-bond donors (Lipinski definition) is 1. The van der Waals surface area contributed by atoms with E-state index < -0.39 is 0 Å². The third-order valence-electron chi connectivity index (χ3n) is 3.13. The van der Waals surface area contributed by atoms with E-state index in [0.29, 0.717) is 0 Å². The third kappa shape index (κ3) is 2.29. The molecule has 0 radical (unpaired) electrons. The molecule has 1 aliphatic rings. The SMILES string of the molecule is CNc1ncnc(N(C)CC2CCC2)c1Br. The highest BCUT2D eigenvalue weighted by Crippen LogP contribution is 2.32. The Morgan fingerprint density at radius 2 is 2.25 bits per heavy atom. The standard InChI is InChI=1S/C11H17BrN4/c1-13-10-9(12)11(15-7-14-10)16(2)6-8-4-3-5-8/h7-8H,3-6H2,1-2H3,(H,13,14,15). The molecule has 0 aliphatic heterocycles. The van der Waals surface area contributed by atoms with Crippen molar-refractivity contribution in [2.24, 2.45) is 5.92 Å². The van der Waals surface area contributed by atoms with Crippen molar-refractivity contribution in [1.82, 2.24) is 9.97 Å². The molecule has 2 rings (SSSR count). The van der Waals surface area contributed by atoms with Gasteiger partial charge in [-0.25, -0.2) is 9.97 Å². The van der Waals surface area contributed by atoms with Gasteiger partial charge >= 0.3 is 0 Å². The predicted octanol–water partition coefficient (Wildman–Crippen LogP) is 2.52. The number of nitrogens with zero attached hydrogens (tertiary/aromatic N) is 3. The van der Waals surface area contributed by atoms with E-state index in [2.05, 4.69) is 43.2 Å². The van der Waals surface area contributed by atoms with Crippen molar-refractivity contribution in [3.05, 3.63) is 10.8 Å². The fourth-order valence-corrected chi connectivity index (χ4v) is 2.66. The third-order valence-corrected chi connectivity index (χ3v) is 3.86. The molecule has 16 heavy (non-hydrogen) atoms. The number of halogens is 1. The number of anilines is 2. The van der Waals surface area contributed by atoms with Crippen LogP contribution in [-0.2, 0) is 0 Å². The fraction of sp³-hybridized carbons (Fsp3) is 0.636. The van der Waals surface area contributed by atoms with Crippen LogP contribution in [0.1, 0.15) is 19.3 Å². The van der Waals surface area contributed by atoms with Crippen molar-refractivity contribution in [1.29, 1.82) is 0 Å². The maximum Gasteiger partial charge on any atom is 0.148 e. The molecule has 1 fully saturated rings. The lowest BCUT2D eigenvalue weighted by atomic mass is 9.85. The molecule has 0 spiro atoms. The normalized spacial score (nSPS) is 15.7. The predicted molar refractivity (Wildman–Crippen MR) is 69.9 cm³/mol. The summed E-state index contributed by atoms with van der Waals surface area (Å²) in [5.41, 5.74) is 0. The lowest BCUT2D eigenvalue weighted by Crippen LogP contribution is -2.30. The Kier molecular flexibility index (Phi) is 3.63. The van der Waals surface area contributed by atoms with Gasteiger partial charge in [0.25, 0.3) is 0 Å². The molecule has 1 aromatic rings. The van der Waals surface area contributed by atoms with Gasteiger partial charge in [0.2, 0.25) is 0 Å². The van der Waals surface area contributed by atoms with E-state index >= 15 is 0 Å². The topological polar surface area (TPSA) is 41.1 Å². The van der Waals surface area contributed by atoms with Crippen molar-refractivity contribution in [3.63, 3.8) is 0 Å². The van der Waals surface area contributed by atoms with Crippen LogP contribution in [0.2, 0.25) is 0 Å². The molecule has 5 heteroatoms. The molecule has 1 N–H and O–H groups in total. The summed E-state index contributed by atoms with van der Waals surface area (Å²) in [6.45, 7) is 1.08. The van der Waals surface area contributed by atoms with Gasteiger partial charge in [-0.15, -0.1) is 0 Å². The summed E-state index contributed by atoms with van der Waals surface area (Å²) in [7, 11) is 3.95. The minimum absolute atomic E-state index is 0.838. The summed E-state index contributed by atoms with van der Waals surface area (Å²) in [6.07, 6.45) is 5.69. The molecule has 88 valence electrons. The lowest BCUT2D eigenvalue weighted by Gasteiger charge is -2.31. The number of rotatable bonds is 4. The van der Waals surface area contributed by atoms with E-state index in [4.69, 9.17) is 0 Å². The Labute approximate surface area is 105 Å². The highest BCUT2D eigenvalue weighted by atomic mass is 79.9. The molecule has 1 aromatic heterocycles. The van der Waals surface area contributed by atoms with Crippen LogP contribution in [0.15, 0.2) is 10.8 Å². The monoisotopic (exact) mass is 284 g/mol. The van der Waals surface area contributed by atoms with E-state index in [0.717, 1.165) is 28.6 Å². The molecule has 0 amide bonds. The highest BCUT2D eigenvalue weighted by Gasteiger charge is 2.21. The summed E-state index contributed by atoms with van der Waals surface area (Å²) >= 11 is 3.54. The van der Waals surface area contributed by atoms with E-state index in [1.54, 1.807) is 6.33 Å². The molecular weight excluding hydrogens is 268 g/mol. The van der Waals surface area contributed by atoms with E-state index in [-0.39, 0.29) is 0 Å². The second kappa shape index (κ2) is 4.99. The van der Waals surface area contributed by atoms with E-state index in [1.807, 2.05) is 7.05 Å². The van der Waals surface area contributed by atoms with Gasteiger partial charge in [0, 0.05) is 20.6 Å². The summed E-state index contributed by atoms with van der Waals surface area (Å²) in [5, 5.41) is 3.05. The first-order chi connectivity index (χ1) is 7.72. The van der Waals surface area contributed by atoms with Gasteiger partial charge in [0.1, 0.15) is 22.4 Å². The first kappa shape index (κ1) is 11.6. The lowest BCUT2D eigenvalue weighted by molar-refractivity contribution is 0.321. The van der Waals surface area contributed by atoms with Crippen LogP contribution in [0.25, 0.3) is 0 Å². The number of hydrogen-bond acceptors (Lipinski definition) is 4. The minimum atomic E-state index is 0.838. The zero-order valence-corrected chi connectivity index (χ0v) is 11.3. The average Bonchev–Trinajstić information content (AvgIpc) is 2.23.